The van der Waals surface area contributed by atoms with E-state index in [1.54, 1.807) is 0 Å². The molecular formula is C32H38N4O2. The zero-order chi connectivity index (χ0) is 26.7. The van der Waals surface area contributed by atoms with Crippen LogP contribution in [0.4, 0.5) is 0 Å². The summed E-state index contributed by atoms with van der Waals surface area (Å²) in [6.45, 7) is 13.0. The van der Waals surface area contributed by atoms with Gasteiger partial charge in [-0.2, -0.15) is 0 Å². The fourth-order valence-corrected chi connectivity index (χ4v) is 5.11. The SMILES string of the molecule is CCOc1cccc(-c2ccc3nc(-c4ccccc4)c(CN4CCN(C(=O)CC(C)(C)C)CC4)n3c2)c1. The van der Waals surface area contributed by atoms with E-state index in [2.05, 4.69) is 84.8 Å². The number of carbonyl (C=O) groups excluding carboxylic acids is 1. The van der Waals surface area contributed by atoms with E-state index in [1.807, 2.05) is 30.0 Å². The second-order valence-corrected chi connectivity index (χ2v) is 11.3. The Balaban J connectivity index is 1.45. The molecular weight excluding hydrogens is 472 g/mol. The fraction of sp³-hybridized carbons (Fsp3) is 0.375. The third kappa shape index (κ3) is 5.91. The third-order valence-corrected chi connectivity index (χ3v) is 7.02. The largest absolute Gasteiger partial charge is 0.494 e. The summed E-state index contributed by atoms with van der Waals surface area (Å²) in [6.07, 6.45) is 2.78. The zero-order valence-corrected chi connectivity index (χ0v) is 23.0. The number of ether oxygens (including phenoxy) is 1. The molecule has 0 spiro atoms. The van der Waals surface area contributed by atoms with Gasteiger partial charge in [0.1, 0.15) is 11.4 Å². The number of hydrogen-bond acceptors (Lipinski definition) is 4. The zero-order valence-electron chi connectivity index (χ0n) is 23.0. The highest BCUT2D eigenvalue weighted by molar-refractivity contribution is 5.77. The van der Waals surface area contributed by atoms with E-state index >= 15 is 0 Å². The normalized spacial score (nSPS) is 14.7. The molecule has 38 heavy (non-hydrogen) atoms. The number of fused-ring (bicyclic) bond motifs is 1. The summed E-state index contributed by atoms with van der Waals surface area (Å²) < 4.78 is 7.98. The van der Waals surface area contributed by atoms with E-state index in [0.717, 1.165) is 66.5 Å². The Bertz CT molecular complexity index is 1400. The number of amides is 1. The lowest BCUT2D eigenvalue weighted by Gasteiger charge is -2.36. The lowest BCUT2D eigenvalue weighted by Crippen LogP contribution is -2.49. The van der Waals surface area contributed by atoms with E-state index < -0.39 is 0 Å². The van der Waals surface area contributed by atoms with Gasteiger partial charge in [-0.25, -0.2) is 4.98 Å². The van der Waals surface area contributed by atoms with Crippen LogP contribution < -0.4 is 4.74 Å². The Morgan fingerprint density at radius 2 is 1.63 bits per heavy atom. The topological polar surface area (TPSA) is 50.1 Å². The Labute approximate surface area is 225 Å². The number of nitrogens with zero attached hydrogens (tertiary/aromatic N) is 4. The Hall–Kier alpha value is -3.64. The molecule has 1 aliphatic heterocycles. The molecule has 3 heterocycles. The molecule has 1 aliphatic rings. The Kier molecular flexibility index (Phi) is 7.52. The van der Waals surface area contributed by atoms with Gasteiger partial charge >= 0.3 is 0 Å². The monoisotopic (exact) mass is 510 g/mol. The molecule has 0 atom stereocenters. The van der Waals surface area contributed by atoms with Crippen molar-refractivity contribution < 1.29 is 9.53 Å². The number of aromatic nitrogens is 2. The van der Waals surface area contributed by atoms with Crippen molar-refractivity contribution in [2.24, 2.45) is 5.41 Å². The van der Waals surface area contributed by atoms with E-state index in [0.29, 0.717) is 13.0 Å². The van der Waals surface area contributed by atoms with Crippen LogP contribution in [0.3, 0.4) is 0 Å². The summed E-state index contributed by atoms with van der Waals surface area (Å²) in [4.78, 5) is 22.3. The molecule has 0 bridgehead atoms. The summed E-state index contributed by atoms with van der Waals surface area (Å²) in [7, 11) is 0. The van der Waals surface area contributed by atoms with Gasteiger partial charge < -0.3 is 14.0 Å². The standard InChI is InChI=1S/C32H38N4O2/c1-5-38-27-13-9-12-25(20-27)26-14-15-29-33-31(24-10-7-6-8-11-24)28(36(29)22-26)23-34-16-18-35(19-17-34)30(37)21-32(2,3)4/h6-15,20,22H,5,16-19,21,23H2,1-4H3. The first-order chi connectivity index (χ1) is 18.3. The number of piperazine rings is 1. The quantitative estimate of drug-likeness (QED) is 0.299. The van der Waals surface area contributed by atoms with Crippen molar-refractivity contribution in [2.45, 2.75) is 40.7 Å². The fourth-order valence-electron chi connectivity index (χ4n) is 5.11. The van der Waals surface area contributed by atoms with E-state index in [9.17, 15) is 4.79 Å². The number of pyridine rings is 1. The van der Waals surface area contributed by atoms with Crippen molar-refractivity contribution in [1.82, 2.24) is 19.2 Å². The van der Waals surface area contributed by atoms with E-state index in [1.165, 1.54) is 5.69 Å². The van der Waals surface area contributed by atoms with Crippen molar-refractivity contribution in [3.05, 3.63) is 78.6 Å². The summed E-state index contributed by atoms with van der Waals surface area (Å²) in [5, 5.41) is 0. The maximum Gasteiger partial charge on any atom is 0.223 e. The molecule has 0 radical (unpaired) electrons. The third-order valence-electron chi connectivity index (χ3n) is 7.02. The number of imidazole rings is 1. The average Bonchev–Trinajstić information content (AvgIpc) is 3.26. The van der Waals surface area contributed by atoms with Gasteiger partial charge in [-0.15, -0.1) is 0 Å². The molecule has 0 saturated carbocycles. The Morgan fingerprint density at radius 3 is 2.34 bits per heavy atom. The van der Waals surface area contributed by atoms with Crippen molar-refractivity contribution in [2.75, 3.05) is 32.8 Å². The van der Waals surface area contributed by atoms with Crippen LogP contribution in [-0.2, 0) is 11.3 Å². The summed E-state index contributed by atoms with van der Waals surface area (Å²) >= 11 is 0. The summed E-state index contributed by atoms with van der Waals surface area (Å²) in [6, 6.07) is 22.9. The predicted molar refractivity (Wildman–Crippen MR) is 153 cm³/mol. The molecule has 1 fully saturated rings. The van der Waals surface area contributed by atoms with E-state index in [-0.39, 0.29) is 11.3 Å². The van der Waals surface area contributed by atoms with Gasteiger partial charge in [0, 0.05) is 50.9 Å². The van der Waals surface area contributed by atoms with Crippen molar-refractivity contribution >= 4 is 11.6 Å². The molecule has 4 aromatic rings. The summed E-state index contributed by atoms with van der Waals surface area (Å²) in [5.74, 6) is 1.13. The molecule has 1 amide bonds. The van der Waals surface area contributed by atoms with Crippen LogP contribution in [0, 0.1) is 5.41 Å². The molecule has 6 heteroatoms. The number of carbonyl (C=O) groups is 1. The Morgan fingerprint density at radius 1 is 0.895 bits per heavy atom. The van der Waals surface area contributed by atoms with Crippen LogP contribution in [0.25, 0.3) is 28.0 Å². The van der Waals surface area contributed by atoms with Crippen molar-refractivity contribution in [3.63, 3.8) is 0 Å². The van der Waals surface area contributed by atoms with Gasteiger partial charge in [-0.1, -0.05) is 63.2 Å². The van der Waals surface area contributed by atoms with E-state index in [4.69, 9.17) is 9.72 Å². The highest BCUT2D eigenvalue weighted by Gasteiger charge is 2.26. The maximum atomic E-state index is 12.8. The van der Waals surface area contributed by atoms with Gasteiger partial charge in [0.05, 0.1) is 18.0 Å². The van der Waals surface area contributed by atoms with Crippen LogP contribution in [0.1, 0.15) is 39.8 Å². The highest BCUT2D eigenvalue weighted by atomic mass is 16.5. The van der Waals surface area contributed by atoms with Gasteiger partial charge in [-0.05, 0) is 47.7 Å². The van der Waals surface area contributed by atoms with Crippen LogP contribution in [0.5, 0.6) is 5.75 Å². The first-order valence-corrected chi connectivity index (χ1v) is 13.6. The second-order valence-electron chi connectivity index (χ2n) is 11.3. The van der Waals surface area contributed by atoms with Crippen LogP contribution >= 0.6 is 0 Å². The minimum Gasteiger partial charge on any atom is -0.494 e. The predicted octanol–water partition coefficient (Wildman–Crippen LogP) is 6.15. The maximum absolute atomic E-state index is 12.8. The molecule has 5 rings (SSSR count). The van der Waals surface area contributed by atoms with Crippen molar-refractivity contribution in [3.8, 4) is 28.1 Å². The molecule has 0 N–H and O–H groups in total. The minimum absolute atomic E-state index is 0.00913. The molecule has 2 aromatic carbocycles. The lowest BCUT2D eigenvalue weighted by molar-refractivity contribution is -0.134. The second kappa shape index (κ2) is 11.0. The molecule has 6 nitrogen and oxygen atoms in total. The average molecular weight is 511 g/mol. The van der Waals surface area contributed by atoms with Gasteiger partial charge in [0.15, 0.2) is 0 Å². The van der Waals surface area contributed by atoms with Crippen LogP contribution in [-0.4, -0.2) is 57.9 Å². The molecule has 1 saturated heterocycles. The van der Waals surface area contributed by atoms with Crippen LogP contribution in [0.2, 0.25) is 0 Å². The van der Waals surface area contributed by atoms with Gasteiger partial charge in [0.2, 0.25) is 5.91 Å². The smallest absolute Gasteiger partial charge is 0.223 e. The molecule has 2 aromatic heterocycles. The van der Waals surface area contributed by atoms with Crippen molar-refractivity contribution in [1.29, 1.82) is 0 Å². The summed E-state index contributed by atoms with van der Waals surface area (Å²) in [5.41, 5.74) is 6.47. The first kappa shape index (κ1) is 26.0. The number of hydrogen-bond donors (Lipinski definition) is 0. The molecule has 0 aliphatic carbocycles. The first-order valence-electron chi connectivity index (χ1n) is 13.6. The molecule has 198 valence electrons. The molecule has 0 unspecified atom stereocenters. The lowest BCUT2D eigenvalue weighted by atomic mass is 9.91. The van der Waals surface area contributed by atoms with Gasteiger partial charge in [-0.3, -0.25) is 9.69 Å². The van der Waals surface area contributed by atoms with Gasteiger partial charge in [0.25, 0.3) is 0 Å². The minimum atomic E-state index is 0.00913. The number of benzene rings is 2. The van der Waals surface area contributed by atoms with Crippen LogP contribution in [0.15, 0.2) is 72.9 Å². The highest BCUT2D eigenvalue weighted by Crippen LogP contribution is 2.30. The number of rotatable bonds is 7.